The molecule has 0 atom stereocenters. The maximum atomic E-state index is 12.7. The molecule has 0 bridgehead atoms. The van der Waals surface area contributed by atoms with Crippen molar-refractivity contribution in [3.8, 4) is 11.1 Å². The fraction of sp³-hybridized carbons (Fsp3) is 0.250. The van der Waals surface area contributed by atoms with Gasteiger partial charge in [0.25, 0.3) is 0 Å². The topological polar surface area (TPSA) is 82.9 Å². The first-order valence-electron chi connectivity index (χ1n) is 10.9. The number of nitrogens with one attached hydrogen (secondary N) is 2. The van der Waals surface area contributed by atoms with Crippen LogP contribution in [0, 0.1) is 0 Å². The number of nitrogens with zero attached hydrogens (tertiary/aromatic N) is 3. The lowest BCUT2D eigenvalue weighted by molar-refractivity contribution is -0.137. The Bertz CT molecular complexity index is 1260. The molecule has 4 aromatic rings. The van der Waals surface area contributed by atoms with Crippen LogP contribution in [0.4, 0.5) is 24.8 Å². The SMILES string of the molecule is Nc1n[nH]c2ccc(-c3ccc(SN4CCC(Nc5ccc(C(F)(F)F)cn5)CC4)cc3)cc12. The molecule has 0 spiro atoms. The standard InChI is InChI=1S/C24H23F3N6S/c25-24(26,27)17-4-8-22(29-14-17)30-18-9-11-33(12-10-18)34-19-5-1-15(2-6-19)16-3-7-21-20(13-16)23(28)32-31-21/h1-8,13-14,18H,9-12H2,(H,29,30)(H3,28,31,32). The molecule has 1 aliphatic heterocycles. The lowest BCUT2D eigenvalue weighted by Crippen LogP contribution is -2.35. The van der Waals surface area contributed by atoms with Gasteiger partial charge < -0.3 is 11.1 Å². The zero-order chi connectivity index (χ0) is 23.7. The van der Waals surface area contributed by atoms with Crippen LogP contribution >= 0.6 is 11.9 Å². The van der Waals surface area contributed by atoms with Crippen molar-refractivity contribution in [2.75, 3.05) is 24.1 Å². The number of hydrogen-bond donors (Lipinski definition) is 3. The average Bonchev–Trinajstić information content (AvgIpc) is 3.21. The summed E-state index contributed by atoms with van der Waals surface area (Å²) in [5.41, 5.74) is 8.30. The number of fused-ring (bicyclic) bond motifs is 1. The minimum Gasteiger partial charge on any atom is -0.382 e. The summed E-state index contributed by atoms with van der Waals surface area (Å²) in [5.74, 6) is 0.973. The number of anilines is 2. The monoisotopic (exact) mass is 484 g/mol. The van der Waals surface area contributed by atoms with Crippen LogP contribution in [-0.4, -0.2) is 38.6 Å². The van der Waals surface area contributed by atoms with Crippen molar-refractivity contribution in [3.05, 3.63) is 66.4 Å². The summed E-state index contributed by atoms with van der Waals surface area (Å²) in [5, 5.41) is 11.1. The molecule has 0 radical (unpaired) electrons. The van der Waals surface area contributed by atoms with Gasteiger partial charge in [-0.2, -0.15) is 18.3 Å². The molecule has 0 unspecified atom stereocenters. The second kappa shape index (κ2) is 9.19. The molecule has 1 fully saturated rings. The van der Waals surface area contributed by atoms with Crippen molar-refractivity contribution >= 4 is 34.5 Å². The molecular formula is C24H23F3N6S. The average molecular weight is 485 g/mol. The number of piperidine rings is 1. The van der Waals surface area contributed by atoms with E-state index in [2.05, 4.69) is 49.1 Å². The number of hydrogen-bond acceptors (Lipinski definition) is 6. The Kier molecular flexibility index (Phi) is 6.09. The van der Waals surface area contributed by atoms with Gasteiger partial charge in [-0.3, -0.25) is 5.10 Å². The van der Waals surface area contributed by atoms with Crippen molar-refractivity contribution in [1.29, 1.82) is 0 Å². The highest BCUT2D eigenvalue weighted by atomic mass is 32.2. The predicted molar refractivity (Wildman–Crippen MR) is 129 cm³/mol. The molecule has 5 rings (SSSR count). The first-order valence-corrected chi connectivity index (χ1v) is 11.7. The van der Waals surface area contributed by atoms with Gasteiger partial charge in [-0.15, -0.1) is 0 Å². The maximum Gasteiger partial charge on any atom is 0.417 e. The number of benzene rings is 2. The van der Waals surface area contributed by atoms with Gasteiger partial charge in [0.15, 0.2) is 5.82 Å². The van der Waals surface area contributed by atoms with Crippen molar-refractivity contribution < 1.29 is 13.2 Å². The third-order valence-electron chi connectivity index (χ3n) is 5.91. The van der Waals surface area contributed by atoms with E-state index in [-0.39, 0.29) is 6.04 Å². The number of alkyl halides is 3. The van der Waals surface area contributed by atoms with Crippen molar-refractivity contribution in [2.24, 2.45) is 0 Å². The molecule has 2 aromatic carbocycles. The van der Waals surface area contributed by atoms with Gasteiger partial charge in [0, 0.05) is 35.6 Å². The van der Waals surface area contributed by atoms with Gasteiger partial charge in [0.05, 0.1) is 11.1 Å². The van der Waals surface area contributed by atoms with E-state index in [1.54, 1.807) is 11.9 Å². The fourth-order valence-electron chi connectivity index (χ4n) is 4.02. The van der Waals surface area contributed by atoms with Crippen LogP contribution in [0.1, 0.15) is 18.4 Å². The molecule has 0 saturated carbocycles. The number of nitrogens with two attached hydrogens (primary N) is 1. The number of aromatic amines is 1. The summed E-state index contributed by atoms with van der Waals surface area (Å²) in [6, 6.07) is 17.1. The lowest BCUT2D eigenvalue weighted by atomic mass is 10.0. The molecule has 34 heavy (non-hydrogen) atoms. The van der Waals surface area contributed by atoms with Crippen LogP contribution in [0.5, 0.6) is 0 Å². The first kappa shape index (κ1) is 22.5. The zero-order valence-corrected chi connectivity index (χ0v) is 19.0. The highest BCUT2D eigenvalue weighted by Gasteiger charge is 2.30. The number of nitrogen functional groups attached to an aromatic ring is 1. The molecule has 10 heteroatoms. The highest BCUT2D eigenvalue weighted by Crippen LogP contribution is 2.32. The Morgan fingerprint density at radius 1 is 1.00 bits per heavy atom. The largest absolute Gasteiger partial charge is 0.417 e. The van der Waals surface area contributed by atoms with Gasteiger partial charge in [0.2, 0.25) is 0 Å². The van der Waals surface area contributed by atoms with Gasteiger partial charge >= 0.3 is 6.18 Å². The summed E-state index contributed by atoms with van der Waals surface area (Å²) < 4.78 is 40.4. The van der Waals surface area contributed by atoms with E-state index >= 15 is 0 Å². The summed E-state index contributed by atoms with van der Waals surface area (Å²) >= 11 is 1.72. The van der Waals surface area contributed by atoms with Crippen molar-refractivity contribution in [2.45, 2.75) is 30.0 Å². The number of aromatic nitrogens is 3. The van der Waals surface area contributed by atoms with Crippen LogP contribution in [0.15, 0.2) is 65.7 Å². The first-order chi connectivity index (χ1) is 16.3. The molecule has 6 nitrogen and oxygen atoms in total. The molecule has 1 aliphatic rings. The van der Waals surface area contributed by atoms with E-state index in [0.29, 0.717) is 11.6 Å². The van der Waals surface area contributed by atoms with E-state index in [1.165, 1.54) is 6.07 Å². The Morgan fingerprint density at radius 3 is 2.41 bits per heavy atom. The minimum atomic E-state index is -4.37. The van der Waals surface area contributed by atoms with E-state index in [0.717, 1.165) is 65.1 Å². The summed E-state index contributed by atoms with van der Waals surface area (Å²) in [4.78, 5) is 5.07. The number of H-pyrrole nitrogens is 1. The normalized spacial score (nSPS) is 15.6. The third-order valence-corrected chi connectivity index (χ3v) is 7.02. The van der Waals surface area contributed by atoms with E-state index < -0.39 is 11.7 Å². The van der Waals surface area contributed by atoms with Crippen molar-refractivity contribution in [1.82, 2.24) is 19.5 Å². The molecular weight excluding hydrogens is 461 g/mol. The Balaban J connectivity index is 1.14. The molecule has 0 aliphatic carbocycles. The molecule has 1 saturated heterocycles. The van der Waals surface area contributed by atoms with Crippen LogP contribution < -0.4 is 11.1 Å². The summed E-state index contributed by atoms with van der Waals surface area (Å²) in [6.07, 6.45) is -1.72. The predicted octanol–water partition coefficient (Wildman–Crippen LogP) is 5.81. The summed E-state index contributed by atoms with van der Waals surface area (Å²) in [6.45, 7) is 1.75. The third kappa shape index (κ3) is 4.97. The van der Waals surface area contributed by atoms with Crippen LogP contribution in [-0.2, 0) is 6.18 Å². The highest BCUT2D eigenvalue weighted by molar-refractivity contribution is 7.97. The second-order valence-corrected chi connectivity index (χ2v) is 9.43. The van der Waals surface area contributed by atoms with Crippen molar-refractivity contribution in [3.63, 3.8) is 0 Å². The van der Waals surface area contributed by atoms with Gasteiger partial charge in [-0.05, 0) is 72.3 Å². The maximum absolute atomic E-state index is 12.7. The molecule has 4 N–H and O–H groups in total. The second-order valence-electron chi connectivity index (χ2n) is 8.26. The van der Waals surface area contributed by atoms with E-state index in [1.807, 2.05) is 18.2 Å². The van der Waals surface area contributed by atoms with E-state index in [9.17, 15) is 13.2 Å². The minimum absolute atomic E-state index is 0.189. The molecule has 176 valence electrons. The van der Waals surface area contributed by atoms with Crippen LogP contribution in [0.3, 0.4) is 0 Å². The fourth-order valence-corrected chi connectivity index (χ4v) is 4.97. The van der Waals surface area contributed by atoms with Gasteiger partial charge in [-0.1, -0.05) is 18.2 Å². The van der Waals surface area contributed by atoms with Gasteiger partial charge in [-0.25, -0.2) is 9.29 Å². The lowest BCUT2D eigenvalue weighted by Gasteiger charge is -2.31. The number of pyridine rings is 1. The van der Waals surface area contributed by atoms with Gasteiger partial charge in [0.1, 0.15) is 5.82 Å². The Hall–Kier alpha value is -3.24. The quantitative estimate of drug-likeness (QED) is 0.310. The number of halogens is 3. The Morgan fingerprint density at radius 2 is 1.74 bits per heavy atom. The van der Waals surface area contributed by atoms with Crippen LogP contribution in [0.2, 0.25) is 0 Å². The van der Waals surface area contributed by atoms with Crippen LogP contribution in [0.25, 0.3) is 22.0 Å². The Labute approximate surface area is 198 Å². The van der Waals surface area contributed by atoms with E-state index in [4.69, 9.17) is 5.73 Å². The molecule has 3 heterocycles. The molecule has 0 amide bonds. The summed E-state index contributed by atoms with van der Waals surface area (Å²) in [7, 11) is 0. The molecule has 2 aromatic heterocycles. The zero-order valence-electron chi connectivity index (χ0n) is 18.1. The number of rotatable bonds is 5. The smallest absolute Gasteiger partial charge is 0.382 e.